The molecule has 1 aromatic rings. The first-order chi connectivity index (χ1) is 7.22. The van der Waals surface area contributed by atoms with Crippen LogP contribution in [0.15, 0.2) is 18.2 Å². The first kappa shape index (κ1) is 10.5. The molecule has 2 atom stereocenters. The molecule has 0 saturated carbocycles. The van der Waals surface area contributed by atoms with E-state index in [2.05, 4.69) is 19.9 Å². The third kappa shape index (κ3) is 2.00. The van der Waals surface area contributed by atoms with Crippen LogP contribution in [0.1, 0.15) is 37.5 Å². The Hall–Kier alpha value is -1.02. The first-order valence-corrected chi connectivity index (χ1v) is 5.66. The molecule has 0 spiro atoms. The summed E-state index contributed by atoms with van der Waals surface area (Å²) >= 11 is 0. The number of fused-ring (bicyclic) bond motifs is 1. The predicted molar refractivity (Wildman–Crippen MR) is 60.1 cm³/mol. The molecule has 0 amide bonds. The zero-order valence-corrected chi connectivity index (χ0v) is 9.36. The average Bonchev–Trinajstić information content (AvgIpc) is 2.73. The van der Waals surface area contributed by atoms with Crippen molar-refractivity contribution in [3.63, 3.8) is 0 Å². The molecule has 15 heavy (non-hydrogen) atoms. The molecule has 82 valence electrons. The molecule has 2 unspecified atom stereocenters. The lowest BCUT2D eigenvalue weighted by Gasteiger charge is -2.18. The molecule has 0 aliphatic carbocycles. The molecule has 0 fully saturated rings. The average molecular weight is 206 g/mol. The van der Waals surface area contributed by atoms with Crippen molar-refractivity contribution >= 4 is 0 Å². The summed E-state index contributed by atoms with van der Waals surface area (Å²) in [4.78, 5) is 0. The summed E-state index contributed by atoms with van der Waals surface area (Å²) in [5.41, 5.74) is 2.25. The van der Waals surface area contributed by atoms with Crippen LogP contribution in [0.5, 0.6) is 5.75 Å². The second kappa shape index (κ2) is 4.23. The van der Waals surface area contributed by atoms with E-state index in [0.29, 0.717) is 5.92 Å². The lowest BCUT2D eigenvalue weighted by Crippen LogP contribution is -2.08. The molecule has 2 rings (SSSR count). The van der Waals surface area contributed by atoms with Crippen molar-refractivity contribution in [1.29, 1.82) is 0 Å². The van der Waals surface area contributed by atoms with Gasteiger partial charge < -0.3 is 9.84 Å². The highest BCUT2D eigenvalue weighted by molar-refractivity contribution is 5.40. The molecule has 2 nitrogen and oxygen atoms in total. The Kier molecular flexibility index (Phi) is 2.96. The van der Waals surface area contributed by atoms with Crippen LogP contribution < -0.4 is 4.74 Å². The number of rotatable bonds is 3. The van der Waals surface area contributed by atoms with Crippen molar-refractivity contribution in [3.05, 3.63) is 29.3 Å². The molecule has 0 radical (unpaired) electrons. The van der Waals surface area contributed by atoms with Gasteiger partial charge in [-0.25, -0.2) is 0 Å². The largest absolute Gasteiger partial charge is 0.493 e. The number of hydrogen-bond donors (Lipinski definition) is 1. The van der Waals surface area contributed by atoms with E-state index < -0.39 is 0 Å². The van der Waals surface area contributed by atoms with Crippen molar-refractivity contribution < 1.29 is 9.84 Å². The van der Waals surface area contributed by atoms with E-state index in [-0.39, 0.29) is 6.10 Å². The first-order valence-electron chi connectivity index (χ1n) is 5.66. The van der Waals surface area contributed by atoms with Gasteiger partial charge in [-0.05, 0) is 29.2 Å². The number of benzene rings is 1. The minimum absolute atomic E-state index is 0.311. The molecule has 1 N–H and O–H groups in total. The third-order valence-electron chi connectivity index (χ3n) is 3.24. The molecule has 0 aromatic heterocycles. The SMILES string of the molecule is CCC(C)C(O)c1ccc2c(c1)CCO2. The van der Waals surface area contributed by atoms with Crippen LogP contribution in [0, 0.1) is 5.92 Å². The van der Waals surface area contributed by atoms with Crippen LogP contribution in [0.4, 0.5) is 0 Å². The molecular formula is C13H18O2. The lowest BCUT2D eigenvalue weighted by atomic mass is 9.94. The van der Waals surface area contributed by atoms with E-state index >= 15 is 0 Å². The second-order valence-electron chi connectivity index (χ2n) is 4.30. The van der Waals surface area contributed by atoms with Gasteiger partial charge in [-0.15, -0.1) is 0 Å². The maximum Gasteiger partial charge on any atom is 0.122 e. The van der Waals surface area contributed by atoms with Crippen molar-refractivity contribution in [2.45, 2.75) is 32.8 Å². The van der Waals surface area contributed by atoms with E-state index in [1.807, 2.05) is 12.1 Å². The van der Waals surface area contributed by atoms with Crippen LogP contribution in [0.3, 0.4) is 0 Å². The maximum absolute atomic E-state index is 10.1. The summed E-state index contributed by atoms with van der Waals surface area (Å²) in [7, 11) is 0. The predicted octanol–water partition coefficient (Wildman–Crippen LogP) is 2.70. The highest BCUT2D eigenvalue weighted by atomic mass is 16.5. The van der Waals surface area contributed by atoms with Gasteiger partial charge in [0.1, 0.15) is 5.75 Å². The standard InChI is InChI=1S/C13H18O2/c1-3-9(2)13(14)11-4-5-12-10(8-11)6-7-15-12/h4-5,8-9,13-14H,3,6-7H2,1-2H3. The minimum atomic E-state index is -0.346. The summed E-state index contributed by atoms with van der Waals surface area (Å²) in [6.07, 6.45) is 1.62. The highest BCUT2D eigenvalue weighted by Crippen LogP contribution is 2.31. The summed E-state index contributed by atoms with van der Waals surface area (Å²) in [5.74, 6) is 1.29. The zero-order chi connectivity index (χ0) is 10.8. The molecular weight excluding hydrogens is 188 g/mol. The van der Waals surface area contributed by atoms with E-state index in [1.165, 1.54) is 5.56 Å². The van der Waals surface area contributed by atoms with Gasteiger partial charge >= 0.3 is 0 Å². The van der Waals surface area contributed by atoms with Crippen molar-refractivity contribution in [1.82, 2.24) is 0 Å². The van der Waals surface area contributed by atoms with Crippen LogP contribution >= 0.6 is 0 Å². The molecule has 1 aliphatic rings. The normalized spacial score (nSPS) is 18.1. The Morgan fingerprint density at radius 3 is 3.00 bits per heavy atom. The van der Waals surface area contributed by atoms with Gasteiger partial charge in [0.15, 0.2) is 0 Å². The Morgan fingerprint density at radius 1 is 1.47 bits per heavy atom. The molecule has 0 saturated heterocycles. The quantitative estimate of drug-likeness (QED) is 0.824. The van der Waals surface area contributed by atoms with E-state index in [4.69, 9.17) is 4.74 Å². The summed E-state index contributed by atoms with van der Waals surface area (Å²) in [6, 6.07) is 6.03. The number of hydrogen-bond acceptors (Lipinski definition) is 2. The van der Waals surface area contributed by atoms with E-state index in [9.17, 15) is 5.11 Å². The molecule has 1 heterocycles. The molecule has 1 aliphatic heterocycles. The van der Waals surface area contributed by atoms with Crippen LogP contribution in [-0.2, 0) is 6.42 Å². The number of aliphatic hydroxyl groups excluding tert-OH is 1. The monoisotopic (exact) mass is 206 g/mol. The summed E-state index contributed by atoms with van der Waals surface area (Å²) in [6.45, 7) is 4.96. The smallest absolute Gasteiger partial charge is 0.122 e. The Bertz CT molecular complexity index is 346. The third-order valence-corrected chi connectivity index (χ3v) is 3.24. The maximum atomic E-state index is 10.1. The fourth-order valence-electron chi connectivity index (χ4n) is 1.94. The van der Waals surface area contributed by atoms with Crippen LogP contribution in [0.25, 0.3) is 0 Å². The van der Waals surface area contributed by atoms with E-state index in [0.717, 1.165) is 30.8 Å². The van der Waals surface area contributed by atoms with Crippen LogP contribution in [-0.4, -0.2) is 11.7 Å². The van der Waals surface area contributed by atoms with Gasteiger partial charge in [0.2, 0.25) is 0 Å². The molecule has 1 aromatic carbocycles. The number of ether oxygens (including phenoxy) is 1. The van der Waals surface area contributed by atoms with E-state index in [1.54, 1.807) is 0 Å². The highest BCUT2D eigenvalue weighted by Gasteiger charge is 2.18. The van der Waals surface area contributed by atoms with Gasteiger partial charge in [0.25, 0.3) is 0 Å². The van der Waals surface area contributed by atoms with Gasteiger partial charge in [-0.3, -0.25) is 0 Å². The molecule has 2 heteroatoms. The fourth-order valence-corrected chi connectivity index (χ4v) is 1.94. The fraction of sp³-hybridized carbons (Fsp3) is 0.538. The minimum Gasteiger partial charge on any atom is -0.493 e. The summed E-state index contributed by atoms with van der Waals surface area (Å²) < 4.78 is 5.44. The van der Waals surface area contributed by atoms with Gasteiger partial charge in [0, 0.05) is 6.42 Å². The van der Waals surface area contributed by atoms with Crippen molar-refractivity contribution in [2.24, 2.45) is 5.92 Å². The Labute approximate surface area is 90.9 Å². The van der Waals surface area contributed by atoms with Gasteiger partial charge in [-0.1, -0.05) is 26.3 Å². The van der Waals surface area contributed by atoms with Crippen molar-refractivity contribution in [3.8, 4) is 5.75 Å². The van der Waals surface area contributed by atoms with Crippen LogP contribution in [0.2, 0.25) is 0 Å². The second-order valence-corrected chi connectivity index (χ2v) is 4.30. The Morgan fingerprint density at radius 2 is 2.27 bits per heavy atom. The summed E-state index contributed by atoms with van der Waals surface area (Å²) in [5, 5.41) is 10.1. The Balaban J connectivity index is 2.22. The zero-order valence-electron chi connectivity index (χ0n) is 9.36. The van der Waals surface area contributed by atoms with Gasteiger partial charge in [0.05, 0.1) is 12.7 Å². The van der Waals surface area contributed by atoms with Gasteiger partial charge in [-0.2, -0.15) is 0 Å². The lowest BCUT2D eigenvalue weighted by molar-refractivity contribution is 0.115. The topological polar surface area (TPSA) is 29.5 Å². The molecule has 0 bridgehead atoms. The number of aliphatic hydroxyl groups is 1. The van der Waals surface area contributed by atoms with Crippen molar-refractivity contribution in [2.75, 3.05) is 6.61 Å².